The van der Waals surface area contributed by atoms with Crippen LogP contribution in [0.1, 0.15) is 11.4 Å². The Morgan fingerprint density at radius 1 is 1.06 bits per heavy atom. The monoisotopic (exact) mass is 483 g/mol. The van der Waals surface area contributed by atoms with Crippen molar-refractivity contribution in [3.8, 4) is 22.2 Å². The zero-order valence-electron chi connectivity index (χ0n) is 16.5. The van der Waals surface area contributed by atoms with Crippen LogP contribution in [-0.4, -0.2) is 24.9 Å². The van der Waals surface area contributed by atoms with Gasteiger partial charge in [0.2, 0.25) is 0 Å². The first-order chi connectivity index (χ1) is 15.7. The van der Waals surface area contributed by atoms with Gasteiger partial charge in [0.25, 0.3) is 5.89 Å². The van der Waals surface area contributed by atoms with E-state index in [-0.39, 0.29) is 5.82 Å². The number of hydrogen-bond donors (Lipinski definition) is 0. The van der Waals surface area contributed by atoms with Crippen molar-refractivity contribution in [1.82, 2.24) is 24.9 Å². The molecular weight excluding hydrogens is 469 g/mol. The molecule has 2 aromatic carbocycles. The molecule has 10 heteroatoms. The predicted octanol–water partition coefficient (Wildman–Crippen LogP) is 6.19. The summed E-state index contributed by atoms with van der Waals surface area (Å²) in [6.45, 7) is 0.445. The Labute approximate surface area is 196 Å². The largest absolute Gasteiger partial charge is 0.334 e. The molecule has 0 spiro atoms. The molecule has 0 fully saturated rings. The van der Waals surface area contributed by atoms with Crippen LogP contribution in [0.2, 0.25) is 5.02 Å². The van der Waals surface area contributed by atoms with E-state index in [2.05, 4.69) is 20.3 Å². The van der Waals surface area contributed by atoms with Gasteiger partial charge in [-0.25, -0.2) is 4.39 Å². The van der Waals surface area contributed by atoms with Crippen molar-refractivity contribution in [2.45, 2.75) is 17.5 Å². The average Bonchev–Trinajstić information content (AvgIpc) is 3.54. The van der Waals surface area contributed by atoms with Crippen LogP contribution < -0.4 is 0 Å². The van der Waals surface area contributed by atoms with Gasteiger partial charge in [0.15, 0.2) is 16.8 Å². The molecule has 0 amide bonds. The summed E-state index contributed by atoms with van der Waals surface area (Å²) in [4.78, 5) is 5.45. The minimum atomic E-state index is -0.275. The molecule has 0 N–H and O–H groups in total. The van der Waals surface area contributed by atoms with Gasteiger partial charge in [-0.2, -0.15) is 4.98 Å². The number of nitrogens with zero attached hydrogens (tertiary/aromatic N) is 5. The lowest BCUT2D eigenvalue weighted by Crippen LogP contribution is -2.04. The van der Waals surface area contributed by atoms with Crippen molar-refractivity contribution < 1.29 is 8.91 Å². The molecule has 5 rings (SSSR count). The molecule has 3 aromatic heterocycles. The lowest BCUT2D eigenvalue weighted by molar-refractivity contribution is 0.425. The maximum absolute atomic E-state index is 13.7. The molecule has 0 radical (unpaired) electrons. The average molecular weight is 484 g/mol. The van der Waals surface area contributed by atoms with E-state index < -0.39 is 0 Å². The van der Waals surface area contributed by atoms with Crippen LogP contribution in [0.5, 0.6) is 0 Å². The molecule has 0 saturated heterocycles. The Balaban J connectivity index is 1.39. The number of thiophene rings is 1. The van der Waals surface area contributed by atoms with E-state index in [1.807, 2.05) is 40.3 Å². The Morgan fingerprint density at radius 2 is 1.97 bits per heavy atom. The summed E-state index contributed by atoms with van der Waals surface area (Å²) in [5.74, 6) is 1.84. The summed E-state index contributed by atoms with van der Waals surface area (Å²) < 4.78 is 21.1. The topological polar surface area (TPSA) is 69.6 Å². The Bertz CT molecular complexity index is 1350. The Kier molecular flexibility index (Phi) is 6.02. The number of halogens is 2. The fraction of sp³-hybridized carbons (Fsp3) is 0.0909. The highest BCUT2D eigenvalue weighted by atomic mass is 35.5. The van der Waals surface area contributed by atoms with Crippen LogP contribution in [-0.2, 0) is 12.3 Å². The van der Waals surface area contributed by atoms with E-state index >= 15 is 0 Å². The molecule has 160 valence electrons. The van der Waals surface area contributed by atoms with E-state index in [9.17, 15) is 4.39 Å². The van der Waals surface area contributed by atoms with Crippen LogP contribution in [0.3, 0.4) is 0 Å². The summed E-state index contributed by atoms with van der Waals surface area (Å²) in [5.41, 5.74) is 1.59. The molecule has 0 aliphatic heterocycles. The van der Waals surface area contributed by atoms with Gasteiger partial charge in [0, 0.05) is 10.6 Å². The number of benzene rings is 2. The summed E-state index contributed by atoms with van der Waals surface area (Å²) in [6.07, 6.45) is 0. The molecular formula is C22H15ClFN5OS2. The van der Waals surface area contributed by atoms with Crippen LogP contribution >= 0.6 is 34.7 Å². The Morgan fingerprint density at radius 3 is 2.78 bits per heavy atom. The predicted molar refractivity (Wildman–Crippen MR) is 123 cm³/mol. The van der Waals surface area contributed by atoms with Gasteiger partial charge >= 0.3 is 0 Å². The second kappa shape index (κ2) is 9.23. The lowest BCUT2D eigenvalue weighted by Gasteiger charge is -2.09. The molecule has 5 aromatic rings. The number of rotatable bonds is 7. The van der Waals surface area contributed by atoms with Crippen LogP contribution in [0.25, 0.3) is 22.2 Å². The van der Waals surface area contributed by atoms with Gasteiger partial charge in [-0.15, -0.1) is 21.5 Å². The standard InChI is InChI=1S/C22H15ClFN5OS2/c23-16-6-2-5-15(11-16)21-25-19(28-30-21)13-32-22-27-26-20(18-8-3-9-31-18)29(22)12-14-4-1-7-17(24)10-14/h1-11H,12-13H2. The smallest absolute Gasteiger partial charge is 0.258 e. The SMILES string of the molecule is Fc1cccc(Cn2c(SCc3noc(-c4cccc(Cl)c4)n3)nnc2-c2cccs2)c1. The van der Waals surface area contributed by atoms with E-state index in [1.54, 1.807) is 29.5 Å². The van der Waals surface area contributed by atoms with Crippen LogP contribution in [0.4, 0.5) is 4.39 Å². The minimum Gasteiger partial charge on any atom is -0.334 e. The summed E-state index contributed by atoms with van der Waals surface area (Å²) in [6, 6.07) is 17.7. The summed E-state index contributed by atoms with van der Waals surface area (Å²) in [5, 5.41) is 16.1. The number of hydrogen-bond acceptors (Lipinski definition) is 7. The van der Waals surface area contributed by atoms with Crippen molar-refractivity contribution in [2.24, 2.45) is 0 Å². The Hall–Kier alpha value is -3.01. The van der Waals surface area contributed by atoms with E-state index in [0.29, 0.717) is 34.2 Å². The van der Waals surface area contributed by atoms with Gasteiger partial charge in [-0.05, 0) is 47.3 Å². The third kappa shape index (κ3) is 4.59. The van der Waals surface area contributed by atoms with Crippen molar-refractivity contribution in [3.05, 3.63) is 88.3 Å². The molecule has 0 unspecified atom stereocenters. The van der Waals surface area contributed by atoms with Gasteiger partial charge in [0.1, 0.15) is 5.82 Å². The van der Waals surface area contributed by atoms with Crippen molar-refractivity contribution in [3.63, 3.8) is 0 Å². The van der Waals surface area contributed by atoms with E-state index in [0.717, 1.165) is 21.8 Å². The first kappa shape index (κ1) is 20.9. The molecule has 6 nitrogen and oxygen atoms in total. The van der Waals surface area contributed by atoms with Crippen molar-refractivity contribution in [1.29, 1.82) is 0 Å². The molecule has 3 heterocycles. The fourth-order valence-corrected chi connectivity index (χ4v) is 4.81. The highest BCUT2D eigenvalue weighted by Gasteiger charge is 2.17. The maximum Gasteiger partial charge on any atom is 0.258 e. The van der Waals surface area contributed by atoms with Crippen molar-refractivity contribution in [2.75, 3.05) is 0 Å². The number of aromatic nitrogens is 5. The normalized spacial score (nSPS) is 11.2. The molecule has 0 aliphatic carbocycles. The summed E-state index contributed by atoms with van der Waals surface area (Å²) >= 11 is 9.07. The van der Waals surface area contributed by atoms with E-state index in [1.165, 1.54) is 23.9 Å². The third-order valence-electron chi connectivity index (χ3n) is 4.56. The van der Waals surface area contributed by atoms with Gasteiger partial charge < -0.3 is 4.52 Å². The first-order valence-corrected chi connectivity index (χ1v) is 11.8. The third-order valence-corrected chi connectivity index (χ3v) is 6.62. The number of thioether (sulfide) groups is 1. The highest BCUT2D eigenvalue weighted by molar-refractivity contribution is 7.98. The van der Waals surface area contributed by atoms with Gasteiger partial charge in [-0.3, -0.25) is 4.57 Å². The zero-order chi connectivity index (χ0) is 21.9. The summed E-state index contributed by atoms with van der Waals surface area (Å²) in [7, 11) is 0. The van der Waals surface area contributed by atoms with Crippen LogP contribution in [0.15, 0.2) is 75.7 Å². The quantitative estimate of drug-likeness (QED) is 0.257. The molecule has 32 heavy (non-hydrogen) atoms. The fourth-order valence-electron chi connectivity index (χ4n) is 3.12. The van der Waals surface area contributed by atoms with Crippen LogP contribution in [0, 0.1) is 5.82 Å². The van der Waals surface area contributed by atoms with Gasteiger partial charge in [0.05, 0.1) is 17.2 Å². The molecule has 0 aliphatic rings. The highest BCUT2D eigenvalue weighted by Crippen LogP contribution is 2.30. The minimum absolute atomic E-state index is 0.275. The maximum atomic E-state index is 13.7. The first-order valence-electron chi connectivity index (χ1n) is 9.58. The van der Waals surface area contributed by atoms with Crippen molar-refractivity contribution >= 4 is 34.7 Å². The zero-order valence-corrected chi connectivity index (χ0v) is 18.9. The van der Waals surface area contributed by atoms with Gasteiger partial charge in [-0.1, -0.05) is 52.8 Å². The van der Waals surface area contributed by atoms with E-state index in [4.69, 9.17) is 16.1 Å². The second-order valence-corrected chi connectivity index (χ2v) is 9.14. The lowest BCUT2D eigenvalue weighted by atomic mass is 10.2. The molecule has 0 bridgehead atoms. The second-order valence-electron chi connectivity index (χ2n) is 6.81. The molecule has 0 saturated carbocycles. The molecule has 0 atom stereocenters.